The van der Waals surface area contributed by atoms with Crippen LogP contribution in [0.3, 0.4) is 0 Å². The molecular formula is C13H17BrO2. The second-order valence-electron chi connectivity index (χ2n) is 3.91. The van der Waals surface area contributed by atoms with Gasteiger partial charge in [-0.3, -0.25) is 0 Å². The minimum atomic E-state index is -0.530. The Kier molecular flexibility index (Phi) is 5.03. The highest BCUT2D eigenvalue weighted by Gasteiger charge is 2.09. The monoisotopic (exact) mass is 284 g/mol. The molecule has 2 nitrogen and oxygen atoms in total. The molecule has 0 aliphatic carbocycles. The molecule has 0 heterocycles. The number of hydrogen-bond acceptors (Lipinski definition) is 2. The summed E-state index contributed by atoms with van der Waals surface area (Å²) in [5.41, 5.74) is 1.90. The van der Waals surface area contributed by atoms with E-state index in [0.717, 1.165) is 27.8 Å². The molecule has 0 saturated carbocycles. The third-order valence-corrected chi connectivity index (χ3v) is 2.70. The molecule has 1 aromatic carbocycles. The lowest BCUT2D eigenvalue weighted by Crippen LogP contribution is -2.02. The molecule has 16 heavy (non-hydrogen) atoms. The number of hydrogen-bond donors (Lipinski definition) is 1. The van der Waals surface area contributed by atoms with Crippen molar-refractivity contribution in [2.24, 2.45) is 0 Å². The first-order valence-electron chi connectivity index (χ1n) is 5.25. The average molecular weight is 285 g/mol. The largest absolute Gasteiger partial charge is 0.493 e. The van der Waals surface area contributed by atoms with E-state index in [4.69, 9.17) is 4.74 Å². The van der Waals surface area contributed by atoms with Crippen LogP contribution in [-0.4, -0.2) is 11.7 Å². The van der Waals surface area contributed by atoms with Gasteiger partial charge in [-0.15, -0.1) is 6.58 Å². The van der Waals surface area contributed by atoms with E-state index in [-0.39, 0.29) is 0 Å². The van der Waals surface area contributed by atoms with E-state index in [2.05, 4.69) is 22.5 Å². The first-order valence-corrected chi connectivity index (χ1v) is 6.04. The van der Waals surface area contributed by atoms with Gasteiger partial charge in [0, 0.05) is 16.5 Å². The zero-order valence-electron chi connectivity index (χ0n) is 9.66. The lowest BCUT2D eigenvalue weighted by Gasteiger charge is -2.13. The number of benzene rings is 1. The van der Waals surface area contributed by atoms with Crippen molar-refractivity contribution in [2.45, 2.75) is 26.4 Å². The molecule has 0 aromatic heterocycles. The molecule has 1 atom stereocenters. The van der Waals surface area contributed by atoms with E-state index in [1.54, 1.807) is 6.92 Å². The van der Waals surface area contributed by atoms with Gasteiger partial charge in [0.2, 0.25) is 0 Å². The van der Waals surface area contributed by atoms with Crippen LogP contribution in [0.2, 0.25) is 0 Å². The van der Waals surface area contributed by atoms with Crippen molar-refractivity contribution >= 4 is 15.9 Å². The normalized spacial score (nSPS) is 12.2. The first kappa shape index (κ1) is 13.3. The standard InChI is InChI=1S/C13H17BrO2/c1-9(2)6-7-16-13-5-4-11(14)8-12(13)10(3)15/h4-5,8,10,15H,1,6-7H2,2-3H3/t10-/m0/s1. The summed E-state index contributed by atoms with van der Waals surface area (Å²) in [4.78, 5) is 0. The zero-order valence-corrected chi connectivity index (χ0v) is 11.3. The summed E-state index contributed by atoms with van der Waals surface area (Å²) in [5.74, 6) is 0.736. The zero-order chi connectivity index (χ0) is 12.1. The van der Waals surface area contributed by atoms with Crippen molar-refractivity contribution < 1.29 is 9.84 Å². The molecule has 3 heteroatoms. The van der Waals surface area contributed by atoms with E-state index in [1.165, 1.54) is 0 Å². The Bertz CT molecular complexity index is 372. The molecule has 88 valence electrons. The maximum atomic E-state index is 9.62. The second-order valence-corrected chi connectivity index (χ2v) is 4.83. The van der Waals surface area contributed by atoms with Crippen LogP contribution >= 0.6 is 15.9 Å². The molecule has 0 fully saturated rings. The number of halogens is 1. The molecular weight excluding hydrogens is 268 g/mol. The fourth-order valence-corrected chi connectivity index (χ4v) is 1.69. The van der Waals surface area contributed by atoms with Crippen LogP contribution in [0.25, 0.3) is 0 Å². The second kappa shape index (κ2) is 6.06. The van der Waals surface area contributed by atoms with Crippen molar-refractivity contribution in [1.82, 2.24) is 0 Å². The third-order valence-electron chi connectivity index (χ3n) is 2.21. The maximum Gasteiger partial charge on any atom is 0.125 e. The van der Waals surface area contributed by atoms with Gasteiger partial charge < -0.3 is 9.84 Å². The van der Waals surface area contributed by atoms with Crippen molar-refractivity contribution in [3.63, 3.8) is 0 Å². The fraction of sp³-hybridized carbons (Fsp3) is 0.385. The molecule has 0 radical (unpaired) electrons. The van der Waals surface area contributed by atoms with E-state index in [9.17, 15) is 5.11 Å². The molecule has 1 aromatic rings. The topological polar surface area (TPSA) is 29.5 Å². The Labute approximate surface area is 105 Å². The summed E-state index contributed by atoms with van der Waals surface area (Å²) >= 11 is 3.38. The van der Waals surface area contributed by atoms with Crippen LogP contribution in [0, 0.1) is 0 Å². The van der Waals surface area contributed by atoms with Crippen molar-refractivity contribution in [3.8, 4) is 5.75 Å². The Morgan fingerprint density at radius 1 is 1.56 bits per heavy atom. The van der Waals surface area contributed by atoms with Gasteiger partial charge in [-0.25, -0.2) is 0 Å². The predicted octanol–water partition coefficient (Wildman–Crippen LogP) is 3.85. The molecule has 1 N–H and O–H groups in total. The van der Waals surface area contributed by atoms with Crippen LogP contribution in [0.5, 0.6) is 5.75 Å². The summed E-state index contributed by atoms with van der Waals surface area (Å²) in [6.45, 7) is 8.12. The SMILES string of the molecule is C=C(C)CCOc1ccc(Br)cc1[C@H](C)O. The van der Waals surface area contributed by atoms with E-state index < -0.39 is 6.10 Å². The molecule has 0 aliphatic rings. The van der Waals surface area contributed by atoms with Gasteiger partial charge in [0.05, 0.1) is 12.7 Å². The van der Waals surface area contributed by atoms with Gasteiger partial charge in [0.1, 0.15) is 5.75 Å². The minimum absolute atomic E-state index is 0.530. The van der Waals surface area contributed by atoms with Gasteiger partial charge >= 0.3 is 0 Å². The van der Waals surface area contributed by atoms with Crippen LogP contribution < -0.4 is 4.74 Å². The quantitative estimate of drug-likeness (QED) is 0.833. The number of aliphatic hydroxyl groups is 1. The van der Waals surface area contributed by atoms with E-state index in [1.807, 2.05) is 25.1 Å². The smallest absolute Gasteiger partial charge is 0.125 e. The lowest BCUT2D eigenvalue weighted by atomic mass is 10.1. The van der Waals surface area contributed by atoms with Crippen LogP contribution in [-0.2, 0) is 0 Å². The molecule has 0 amide bonds. The summed E-state index contributed by atoms with van der Waals surface area (Å²) < 4.78 is 6.56. The Morgan fingerprint density at radius 2 is 2.25 bits per heavy atom. The molecule has 0 unspecified atom stereocenters. The molecule has 0 spiro atoms. The van der Waals surface area contributed by atoms with Crippen LogP contribution in [0.15, 0.2) is 34.8 Å². The van der Waals surface area contributed by atoms with E-state index in [0.29, 0.717) is 6.61 Å². The number of aliphatic hydroxyl groups excluding tert-OH is 1. The predicted molar refractivity (Wildman–Crippen MR) is 69.7 cm³/mol. The fourth-order valence-electron chi connectivity index (χ4n) is 1.31. The first-order chi connectivity index (χ1) is 7.50. The van der Waals surface area contributed by atoms with E-state index >= 15 is 0 Å². The Balaban J connectivity index is 2.74. The molecule has 0 bridgehead atoms. The van der Waals surface area contributed by atoms with Gasteiger partial charge in [0.25, 0.3) is 0 Å². The highest BCUT2D eigenvalue weighted by molar-refractivity contribution is 9.10. The number of ether oxygens (including phenoxy) is 1. The van der Waals surface area contributed by atoms with Crippen molar-refractivity contribution in [3.05, 3.63) is 40.4 Å². The summed E-state index contributed by atoms with van der Waals surface area (Å²) in [7, 11) is 0. The molecule has 0 aliphatic heterocycles. The Hall–Kier alpha value is -0.800. The highest BCUT2D eigenvalue weighted by atomic mass is 79.9. The number of rotatable bonds is 5. The molecule has 0 saturated heterocycles. The van der Waals surface area contributed by atoms with Gasteiger partial charge in [0.15, 0.2) is 0 Å². The van der Waals surface area contributed by atoms with Crippen LogP contribution in [0.4, 0.5) is 0 Å². The lowest BCUT2D eigenvalue weighted by molar-refractivity contribution is 0.191. The van der Waals surface area contributed by atoms with Gasteiger partial charge in [-0.2, -0.15) is 0 Å². The van der Waals surface area contributed by atoms with Crippen molar-refractivity contribution in [1.29, 1.82) is 0 Å². The Morgan fingerprint density at radius 3 is 2.81 bits per heavy atom. The van der Waals surface area contributed by atoms with Gasteiger partial charge in [-0.05, 0) is 32.0 Å². The maximum absolute atomic E-state index is 9.62. The molecule has 1 rings (SSSR count). The highest BCUT2D eigenvalue weighted by Crippen LogP contribution is 2.28. The average Bonchev–Trinajstić information content (AvgIpc) is 2.19. The summed E-state index contributed by atoms with van der Waals surface area (Å²) in [6, 6.07) is 5.65. The summed E-state index contributed by atoms with van der Waals surface area (Å²) in [6.07, 6.45) is 0.298. The minimum Gasteiger partial charge on any atom is -0.493 e. The van der Waals surface area contributed by atoms with Gasteiger partial charge in [-0.1, -0.05) is 21.5 Å². The van der Waals surface area contributed by atoms with Crippen molar-refractivity contribution in [2.75, 3.05) is 6.61 Å². The van der Waals surface area contributed by atoms with Crippen LogP contribution in [0.1, 0.15) is 31.9 Å². The summed E-state index contributed by atoms with van der Waals surface area (Å²) in [5, 5.41) is 9.62. The third kappa shape index (κ3) is 3.99.